The zero-order valence-corrected chi connectivity index (χ0v) is 11.5. The normalized spacial score (nSPS) is 41.9. The van der Waals surface area contributed by atoms with E-state index in [0.717, 1.165) is 31.8 Å². The molecule has 0 spiro atoms. The standard InChI is InChI=1S/C13H23N5O/c1-16(14)17-6-9-4-5-10(7-17)18(9)13(19)12-11(15-12)8-2-3-8/h8-12,15H,2-7,14H2,1H3/t9?,10?,11-,12+/m0/s1. The Morgan fingerprint density at radius 2 is 1.84 bits per heavy atom. The molecule has 1 saturated carbocycles. The van der Waals surface area contributed by atoms with E-state index in [1.807, 2.05) is 7.05 Å². The molecule has 19 heavy (non-hydrogen) atoms. The van der Waals surface area contributed by atoms with E-state index in [2.05, 4.69) is 15.2 Å². The minimum absolute atomic E-state index is 0.123. The maximum absolute atomic E-state index is 12.6. The molecular weight excluding hydrogens is 242 g/mol. The summed E-state index contributed by atoms with van der Waals surface area (Å²) in [4.78, 5) is 14.8. The number of rotatable bonds is 3. The van der Waals surface area contributed by atoms with Gasteiger partial charge in [-0.2, -0.15) is 5.12 Å². The van der Waals surface area contributed by atoms with Crippen molar-refractivity contribution in [3.05, 3.63) is 0 Å². The van der Waals surface area contributed by atoms with Gasteiger partial charge in [0.25, 0.3) is 0 Å². The summed E-state index contributed by atoms with van der Waals surface area (Å²) >= 11 is 0. The SMILES string of the molecule is CN(N)N1CC2CCC(C1)N2C(=O)[C@@H]1N[C@H]1C1CC1. The highest BCUT2D eigenvalue weighted by Crippen LogP contribution is 2.41. The van der Waals surface area contributed by atoms with E-state index in [1.54, 1.807) is 5.12 Å². The first kappa shape index (κ1) is 12.1. The van der Waals surface area contributed by atoms with E-state index >= 15 is 0 Å². The van der Waals surface area contributed by atoms with Crippen molar-refractivity contribution in [2.75, 3.05) is 20.1 Å². The maximum atomic E-state index is 12.6. The number of carbonyl (C=O) groups is 1. The molecule has 1 amide bonds. The maximum Gasteiger partial charge on any atom is 0.241 e. The van der Waals surface area contributed by atoms with Crippen LogP contribution >= 0.6 is 0 Å². The summed E-state index contributed by atoms with van der Waals surface area (Å²) in [6.45, 7) is 1.77. The zero-order valence-electron chi connectivity index (χ0n) is 11.5. The van der Waals surface area contributed by atoms with Crippen molar-refractivity contribution < 1.29 is 4.79 Å². The predicted octanol–water partition coefficient (Wildman–Crippen LogP) is -0.867. The van der Waals surface area contributed by atoms with Crippen molar-refractivity contribution in [1.82, 2.24) is 20.3 Å². The van der Waals surface area contributed by atoms with Gasteiger partial charge in [-0.05, 0) is 31.6 Å². The summed E-state index contributed by atoms with van der Waals surface area (Å²) in [6.07, 6.45) is 4.86. The summed E-state index contributed by atoms with van der Waals surface area (Å²) in [5.74, 6) is 6.96. The van der Waals surface area contributed by atoms with Crippen LogP contribution in [0.1, 0.15) is 25.7 Å². The lowest BCUT2D eigenvalue weighted by molar-refractivity contribution is -0.142. The molecule has 6 heteroatoms. The Hall–Kier alpha value is -0.690. The van der Waals surface area contributed by atoms with Crippen molar-refractivity contribution in [3.63, 3.8) is 0 Å². The first-order valence-electron chi connectivity index (χ1n) is 7.46. The number of nitrogens with zero attached hydrogens (tertiary/aromatic N) is 3. The molecule has 4 aliphatic rings. The molecule has 2 unspecified atom stereocenters. The number of hydrazine groups is 2. The number of amides is 1. The van der Waals surface area contributed by atoms with Crippen LogP contribution in [0.4, 0.5) is 0 Å². The van der Waals surface area contributed by atoms with Gasteiger partial charge in [-0.15, -0.1) is 0 Å². The highest BCUT2D eigenvalue weighted by molar-refractivity contribution is 5.87. The molecular formula is C13H23N5O. The van der Waals surface area contributed by atoms with Gasteiger partial charge in [-0.1, -0.05) is 0 Å². The summed E-state index contributed by atoms with van der Waals surface area (Å²) in [5, 5.41) is 7.22. The van der Waals surface area contributed by atoms with Crippen molar-refractivity contribution in [3.8, 4) is 0 Å². The van der Waals surface area contributed by atoms with Gasteiger partial charge in [0.05, 0.1) is 0 Å². The fraction of sp³-hybridized carbons (Fsp3) is 0.923. The van der Waals surface area contributed by atoms with Crippen LogP contribution in [0.2, 0.25) is 0 Å². The third kappa shape index (κ3) is 1.98. The van der Waals surface area contributed by atoms with Gasteiger partial charge in [-0.3, -0.25) is 16.0 Å². The second-order valence-electron chi connectivity index (χ2n) is 6.58. The minimum Gasteiger partial charge on any atom is -0.333 e. The molecule has 4 fully saturated rings. The monoisotopic (exact) mass is 265 g/mol. The second-order valence-corrected chi connectivity index (χ2v) is 6.58. The van der Waals surface area contributed by atoms with Crippen LogP contribution in [0.15, 0.2) is 0 Å². The van der Waals surface area contributed by atoms with Crippen molar-refractivity contribution in [2.45, 2.75) is 49.9 Å². The molecule has 3 saturated heterocycles. The van der Waals surface area contributed by atoms with Gasteiger partial charge in [0, 0.05) is 38.3 Å². The molecule has 3 aliphatic heterocycles. The molecule has 106 valence electrons. The Balaban J connectivity index is 1.43. The smallest absolute Gasteiger partial charge is 0.241 e. The van der Waals surface area contributed by atoms with Gasteiger partial charge < -0.3 is 4.90 Å². The van der Waals surface area contributed by atoms with Gasteiger partial charge in [0.15, 0.2) is 0 Å². The van der Waals surface area contributed by atoms with Gasteiger partial charge in [0.2, 0.25) is 5.91 Å². The van der Waals surface area contributed by atoms with Crippen molar-refractivity contribution in [1.29, 1.82) is 0 Å². The Labute approximate surface area is 113 Å². The molecule has 1 aliphatic carbocycles. The zero-order chi connectivity index (χ0) is 13.1. The van der Waals surface area contributed by atoms with Gasteiger partial charge in [0.1, 0.15) is 6.04 Å². The van der Waals surface area contributed by atoms with Crippen LogP contribution in [0.25, 0.3) is 0 Å². The van der Waals surface area contributed by atoms with E-state index in [9.17, 15) is 4.79 Å². The Morgan fingerprint density at radius 3 is 2.37 bits per heavy atom. The number of hydrogen-bond donors (Lipinski definition) is 2. The number of carbonyl (C=O) groups excluding carboxylic acids is 1. The largest absolute Gasteiger partial charge is 0.333 e. The molecule has 4 atom stereocenters. The third-order valence-corrected chi connectivity index (χ3v) is 5.18. The first-order chi connectivity index (χ1) is 9.15. The fourth-order valence-corrected chi connectivity index (χ4v) is 3.90. The summed E-state index contributed by atoms with van der Waals surface area (Å²) in [5.41, 5.74) is 0. The first-order valence-corrected chi connectivity index (χ1v) is 7.46. The fourth-order valence-electron chi connectivity index (χ4n) is 3.90. The van der Waals surface area contributed by atoms with E-state index in [1.165, 1.54) is 12.8 Å². The van der Waals surface area contributed by atoms with E-state index < -0.39 is 0 Å². The van der Waals surface area contributed by atoms with Crippen LogP contribution in [0.3, 0.4) is 0 Å². The predicted molar refractivity (Wildman–Crippen MR) is 70.6 cm³/mol. The molecule has 0 radical (unpaired) electrons. The quantitative estimate of drug-likeness (QED) is 0.394. The average Bonchev–Trinajstić information content (AvgIpc) is 3.26. The molecule has 0 aromatic carbocycles. The van der Waals surface area contributed by atoms with E-state index in [4.69, 9.17) is 5.84 Å². The van der Waals surface area contributed by atoms with Crippen LogP contribution < -0.4 is 11.2 Å². The molecule has 0 aromatic rings. The Kier molecular flexibility index (Phi) is 2.64. The van der Waals surface area contributed by atoms with Crippen molar-refractivity contribution in [2.24, 2.45) is 11.8 Å². The lowest BCUT2D eigenvalue weighted by atomic mass is 10.1. The number of piperazine rings is 1. The highest BCUT2D eigenvalue weighted by atomic mass is 16.2. The molecule has 6 nitrogen and oxygen atoms in total. The summed E-state index contributed by atoms with van der Waals surface area (Å²) in [6, 6.07) is 1.33. The molecule has 2 bridgehead atoms. The Morgan fingerprint density at radius 1 is 1.21 bits per heavy atom. The van der Waals surface area contributed by atoms with Gasteiger partial charge in [-0.25, -0.2) is 5.01 Å². The van der Waals surface area contributed by atoms with Crippen LogP contribution in [0, 0.1) is 5.92 Å². The summed E-state index contributed by atoms with van der Waals surface area (Å²) in [7, 11) is 1.88. The van der Waals surface area contributed by atoms with E-state index in [0.29, 0.717) is 24.0 Å². The lowest BCUT2D eigenvalue weighted by Crippen LogP contribution is -2.61. The van der Waals surface area contributed by atoms with E-state index in [-0.39, 0.29) is 6.04 Å². The lowest BCUT2D eigenvalue weighted by Gasteiger charge is -2.43. The van der Waals surface area contributed by atoms with Crippen LogP contribution in [0.5, 0.6) is 0 Å². The molecule has 4 rings (SSSR count). The molecule has 0 aromatic heterocycles. The van der Waals surface area contributed by atoms with Gasteiger partial charge >= 0.3 is 0 Å². The minimum atomic E-state index is 0.123. The number of nitrogens with two attached hydrogens (primary N) is 1. The number of fused-ring (bicyclic) bond motifs is 2. The Bertz CT molecular complexity index is 382. The highest BCUT2D eigenvalue weighted by Gasteiger charge is 2.55. The molecule has 3 heterocycles. The van der Waals surface area contributed by atoms with Crippen LogP contribution in [-0.4, -0.2) is 65.2 Å². The van der Waals surface area contributed by atoms with Crippen molar-refractivity contribution >= 4 is 5.91 Å². The van der Waals surface area contributed by atoms with Crippen LogP contribution in [-0.2, 0) is 4.79 Å². The average molecular weight is 265 g/mol. The topological polar surface area (TPSA) is 74.8 Å². The third-order valence-electron chi connectivity index (χ3n) is 5.18. The number of hydrogen-bond acceptors (Lipinski definition) is 5. The number of nitrogens with one attached hydrogen (secondary N) is 1. The molecule has 3 N–H and O–H groups in total. The summed E-state index contributed by atoms with van der Waals surface area (Å²) < 4.78 is 0. The second kappa shape index (κ2) is 4.15.